The minimum atomic E-state index is 0.545. The maximum atomic E-state index is 3.65. The van der Waals surface area contributed by atoms with Crippen LogP contribution in [0.1, 0.15) is 59.3 Å². The third-order valence-electron chi connectivity index (χ3n) is 4.59. The summed E-state index contributed by atoms with van der Waals surface area (Å²) in [5.74, 6) is 0. The van der Waals surface area contributed by atoms with Crippen LogP contribution in [0.25, 0.3) is 0 Å². The molecule has 1 aliphatic carbocycles. The molecule has 2 fully saturated rings. The van der Waals surface area contributed by atoms with E-state index in [4.69, 9.17) is 0 Å². The van der Waals surface area contributed by atoms with Crippen LogP contribution in [0.3, 0.4) is 0 Å². The van der Waals surface area contributed by atoms with Gasteiger partial charge in [-0.15, -0.1) is 0 Å². The van der Waals surface area contributed by atoms with Crippen molar-refractivity contribution in [2.24, 2.45) is 5.41 Å². The Morgan fingerprint density at radius 1 is 1.24 bits per heavy atom. The second kappa shape index (κ2) is 5.71. The summed E-state index contributed by atoms with van der Waals surface area (Å²) in [6.45, 7) is 10.9. The third-order valence-corrected chi connectivity index (χ3v) is 4.59. The Kier molecular flexibility index (Phi) is 4.48. The molecule has 0 aromatic carbocycles. The first-order chi connectivity index (χ1) is 8.11. The minimum Gasteiger partial charge on any atom is -0.314 e. The summed E-state index contributed by atoms with van der Waals surface area (Å²) in [6, 6.07) is 1.64. The lowest BCUT2D eigenvalue weighted by Gasteiger charge is -2.45. The standard InChI is InChI=1S/C15H30N2/c1-4-16-13-7-5-8-14(11-13)17-10-6-9-15(2,3)12-17/h13-14,16H,4-12H2,1-3H3. The molecule has 0 amide bonds. The number of nitrogens with zero attached hydrogens (tertiary/aromatic N) is 1. The van der Waals surface area contributed by atoms with E-state index in [0.29, 0.717) is 5.41 Å². The third kappa shape index (κ3) is 3.69. The SMILES string of the molecule is CCNC1CCCC(N2CCCC(C)(C)C2)C1. The lowest BCUT2D eigenvalue weighted by molar-refractivity contribution is 0.0551. The van der Waals surface area contributed by atoms with Gasteiger partial charge in [0, 0.05) is 18.6 Å². The summed E-state index contributed by atoms with van der Waals surface area (Å²) in [4.78, 5) is 2.78. The van der Waals surface area contributed by atoms with E-state index in [0.717, 1.165) is 18.6 Å². The first-order valence-electron chi connectivity index (χ1n) is 7.58. The van der Waals surface area contributed by atoms with Crippen molar-refractivity contribution in [3.8, 4) is 0 Å². The quantitative estimate of drug-likeness (QED) is 0.813. The van der Waals surface area contributed by atoms with Crippen molar-refractivity contribution < 1.29 is 0 Å². The van der Waals surface area contributed by atoms with Gasteiger partial charge in [-0.2, -0.15) is 0 Å². The largest absolute Gasteiger partial charge is 0.314 e. The Morgan fingerprint density at radius 3 is 2.76 bits per heavy atom. The number of rotatable bonds is 3. The maximum absolute atomic E-state index is 3.65. The smallest absolute Gasteiger partial charge is 0.0110 e. The van der Waals surface area contributed by atoms with E-state index in [-0.39, 0.29) is 0 Å². The Bertz CT molecular complexity index is 235. The van der Waals surface area contributed by atoms with Gasteiger partial charge in [-0.1, -0.05) is 27.2 Å². The van der Waals surface area contributed by atoms with E-state index in [1.54, 1.807) is 0 Å². The average molecular weight is 238 g/mol. The fourth-order valence-corrected chi connectivity index (χ4v) is 3.75. The molecule has 0 bridgehead atoms. The average Bonchev–Trinajstić information content (AvgIpc) is 2.28. The topological polar surface area (TPSA) is 15.3 Å². The van der Waals surface area contributed by atoms with Gasteiger partial charge in [-0.05, 0) is 50.6 Å². The summed E-state index contributed by atoms with van der Waals surface area (Å²) in [5.41, 5.74) is 0.545. The Labute approximate surface area is 107 Å². The van der Waals surface area contributed by atoms with Crippen molar-refractivity contribution in [2.75, 3.05) is 19.6 Å². The molecule has 0 aromatic heterocycles. The molecule has 1 N–H and O–H groups in total. The molecular weight excluding hydrogens is 208 g/mol. The molecule has 0 aromatic rings. The lowest BCUT2D eigenvalue weighted by Crippen LogP contribution is -2.49. The van der Waals surface area contributed by atoms with Crippen LogP contribution in [0.5, 0.6) is 0 Å². The Hall–Kier alpha value is -0.0800. The highest BCUT2D eigenvalue weighted by Gasteiger charge is 2.32. The Balaban J connectivity index is 1.88. The van der Waals surface area contributed by atoms with Crippen LogP contribution in [0.15, 0.2) is 0 Å². The van der Waals surface area contributed by atoms with Gasteiger partial charge in [0.15, 0.2) is 0 Å². The van der Waals surface area contributed by atoms with Gasteiger partial charge in [-0.25, -0.2) is 0 Å². The summed E-state index contributed by atoms with van der Waals surface area (Å²) in [5, 5.41) is 3.65. The zero-order valence-electron chi connectivity index (χ0n) is 12.0. The summed E-state index contributed by atoms with van der Waals surface area (Å²) in [7, 11) is 0. The molecule has 1 aliphatic heterocycles. The lowest BCUT2D eigenvalue weighted by atomic mass is 9.81. The van der Waals surface area contributed by atoms with Gasteiger partial charge < -0.3 is 5.32 Å². The number of hydrogen-bond donors (Lipinski definition) is 1. The Morgan fingerprint density at radius 2 is 2.06 bits per heavy atom. The molecule has 1 saturated heterocycles. The van der Waals surface area contributed by atoms with E-state index in [1.807, 2.05) is 0 Å². The van der Waals surface area contributed by atoms with E-state index in [2.05, 4.69) is 31.0 Å². The first kappa shape index (κ1) is 13.4. The van der Waals surface area contributed by atoms with Crippen LogP contribution in [0.2, 0.25) is 0 Å². The zero-order chi connectivity index (χ0) is 12.3. The molecule has 100 valence electrons. The van der Waals surface area contributed by atoms with Crippen molar-refractivity contribution >= 4 is 0 Å². The van der Waals surface area contributed by atoms with E-state index in [9.17, 15) is 0 Å². The molecule has 2 unspecified atom stereocenters. The predicted molar refractivity (Wildman–Crippen MR) is 74.3 cm³/mol. The molecule has 0 spiro atoms. The summed E-state index contributed by atoms with van der Waals surface area (Å²) < 4.78 is 0. The van der Waals surface area contributed by atoms with Crippen LogP contribution in [0.4, 0.5) is 0 Å². The van der Waals surface area contributed by atoms with Gasteiger partial charge in [0.1, 0.15) is 0 Å². The maximum Gasteiger partial charge on any atom is 0.0110 e. The molecule has 2 atom stereocenters. The van der Waals surface area contributed by atoms with Gasteiger partial charge in [0.2, 0.25) is 0 Å². The van der Waals surface area contributed by atoms with Crippen LogP contribution in [-0.2, 0) is 0 Å². The molecule has 17 heavy (non-hydrogen) atoms. The molecule has 2 heteroatoms. The second-order valence-corrected chi connectivity index (χ2v) is 6.81. The molecule has 1 saturated carbocycles. The minimum absolute atomic E-state index is 0.545. The summed E-state index contributed by atoms with van der Waals surface area (Å²) in [6.07, 6.45) is 8.42. The van der Waals surface area contributed by atoms with Gasteiger partial charge >= 0.3 is 0 Å². The van der Waals surface area contributed by atoms with Crippen molar-refractivity contribution in [3.63, 3.8) is 0 Å². The van der Waals surface area contributed by atoms with Crippen molar-refractivity contribution in [1.82, 2.24) is 10.2 Å². The summed E-state index contributed by atoms with van der Waals surface area (Å²) >= 11 is 0. The molecular formula is C15H30N2. The zero-order valence-corrected chi connectivity index (χ0v) is 12.0. The van der Waals surface area contributed by atoms with Crippen LogP contribution in [-0.4, -0.2) is 36.6 Å². The van der Waals surface area contributed by atoms with E-state index < -0.39 is 0 Å². The fraction of sp³-hybridized carbons (Fsp3) is 1.00. The predicted octanol–water partition coefficient (Wildman–Crippen LogP) is 3.03. The van der Waals surface area contributed by atoms with Crippen molar-refractivity contribution in [3.05, 3.63) is 0 Å². The number of likely N-dealkylation sites (tertiary alicyclic amines) is 1. The van der Waals surface area contributed by atoms with Gasteiger partial charge in [-0.3, -0.25) is 4.90 Å². The highest BCUT2D eigenvalue weighted by atomic mass is 15.2. The van der Waals surface area contributed by atoms with Crippen LogP contribution >= 0.6 is 0 Å². The van der Waals surface area contributed by atoms with Crippen molar-refractivity contribution in [2.45, 2.75) is 71.4 Å². The molecule has 2 nitrogen and oxygen atoms in total. The molecule has 1 heterocycles. The van der Waals surface area contributed by atoms with Crippen molar-refractivity contribution in [1.29, 1.82) is 0 Å². The normalized spacial score (nSPS) is 34.8. The second-order valence-electron chi connectivity index (χ2n) is 6.81. The van der Waals surface area contributed by atoms with Gasteiger partial charge in [0.05, 0.1) is 0 Å². The molecule has 2 rings (SSSR count). The number of piperidine rings is 1. The van der Waals surface area contributed by atoms with Crippen LogP contribution < -0.4 is 5.32 Å². The first-order valence-corrected chi connectivity index (χ1v) is 7.58. The monoisotopic (exact) mass is 238 g/mol. The van der Waals surface area contributed by atoms with Gasteiger partial charge in [0.25, 0.3) is 0 Å². The highest BCUT2D eigenvalue weighted by Crippen LogP contribution is 2.33. The fourth-order valence-electron chi connectivity index (χ4n) is 3.75. The van der Waals surface area contributed by atoms with Crippen LogP contribution in [0, 0.1) is 5.41 Å². The molecule has 0 radical (unpaired) electrons. The number of hydrogen-bond acceptors (Lipinski definition) is 2. The number of nitrogens with one attached hydrogen (secondary N) is 1. The highest BCUT2D eigenvalue weighted by molar-refractivity contribution is 4.88. The van der Waals surface area contributed by atoms with E-state index >= 15 is 0 Å². The van der Waals surface area contributed by atoms with E-state index in [1.165, 1.54) is 51.6 Å². The molecule has 2 aliphatic rings.